The zero-order valence-corrected chi connectivity index (χ0v) is 14.2. The third-order valence-corrected chi connectivity index (χ3v) is 5.10. The third-order valence-electron chi connectivity index (χ3n) is 5.10. The van der Waals surface area contributed by atoms with Crippen LogP contribution < -0.4 is 5.32 Å². The Morgan fingerprint density at radius 2 is 1.90 bits per heavy atom. The van der Waals surface area contributed by atoms with Gasteiger partial charge in [-0.1, -0.05) is 38.1 Å². The molecule has 1 aliphatic heterocycles. The Balaban J connectivity index is 1.89. The minimum absolute atomic E-state index is 0.433. The Bertz CT molecular complexity index is 412. The van der Waals surface area contributed by atoms with Crippen LogP contribution >= 0.6 is 0 Å². The van der Waals surface area contributed by atoms with E-state index in [-0.39, 0.29) is 0 Å². The lowest BCUT2D eigenvalue weighted by atomic mass is 9.90. The van der Waals surface area contributed by atoms with Gasteiger partial charge in [-0.05, 0) is 63.2 Å². The Labute approximate surface area is 130 Å². The van der Waals surface area contributed by atoms with E-state index >= 15 is 0 Å². The van der Waals surface area contributed by atoms with Crippen LogP contribution in [0.25, 0.3) is 0 Å². The van der Waals surface area contributed by atoms with Crippen molar-refractivity contribution >= 4 is 0 Å². The first-order valence-corrected chi connectivity index (χ1v) is 8.71. The Kier molecular flexibility index (Phi) is 6.25. The van der Waals surface area contributed by atoms with Crippen LogP contribution in [-0.4, -0.2) is 30.6 Å². The molecule has 3 unspecified atom stereocenters. The molecule has 3 atom stereocenters. The molecule has 21 heavy (non-hydrogen) atoms. The lowest BCUT2D eigenvalue weighted by molar-refractivity contribution is 0.153. The van der Waals surface area contributed by atoms with Gasteiger partial charge in [0.15, 0.2) is 0 Å². The first-order chi connectivity index (χ1) is 10.1. The van der Waals surface area contributed by atoms with Crippen molar-refractivity contribution in [2.24, 2.45) is 5.92 Å². The number of nitrogens with one attached hydrogen (secondary N) is 1. The summed E-state index contributed by atoms with van der Waals surface area (Å²) in [6.07, 6.45) is 3.84. The van der Waals surface area contributed by atoms with E-state index < -0.39 is 0 Å². The smallest absolute Gasteiger partial charge is 0.0294 e. The predicted octanol–water partition coefficient (Wildman–Crippen LogP) is 4.02. The topological polar surface area (TPSA) is 15.3 Å². The van der Waals surface area contributed by atoms with Crippen molar-refractivity contribution < 1.29 is 0 Å². The van der Waals surface area contributed by atoms with E-state index in [1.54, 1.807) is 0 Å². The normalized spacial score (nSPS) is 23.0. The highest BCUT2D eigenvalue weighted by molar-refractivity contribution is 5.24. The van der Waals surface area contributed by atoms with Crippen molar-refractivity contribution in [3.8, 4) is 0 Å². The fraction of sp³-hybridized carbons (Fsp3) is 0.684. The van der Waals surface area contributed by atoms with Crippen molar-refractivity contribution in [2.45, 2.75) is 59.0 Å². The molecule has 0 bridgehead atoms. The number of piperidine rings is 1. The molecule has 2 heteroatoms. The second-order valence-corrected chi connectivity index (χ2v) is 6.57. The molecule has 1 aromatic carbocycles. The van der Waals surface area contributed by atoms with Gasteiger partial charge in [-0.25, -0.2) is 0 Å². The maximum absolute atomic E-state index is 3.82. The van der Waals surface area contributed by atoms with Gasteiger partial charge < -0.3 is 10.2 Å². The van der Waals surface area contributed by atoms with Gasteiger partial charge in [-0.2, -0.15) is 0 Å². The van der Waals surface area contributed by atoms with Crippen molar-refractivity contribution in [2.75, 3.05) is 19.6 Å². The van der Waals surface area contributed by atoms with E-state index in [4.69, 9.17) is 0 Å². The van der Waals surface area contributed by atoms with Crippen LogP contribution in [0.3, 0.4) is 0 Å². The van der Waals surface area contributed by atoms with Crippen LogP contribution in [0.15, 0.2) is 24.3 Å². The van der Waals surface area contributed by atoms with Crippen LogP contribution in [0.2, 0.25) is 0 Å². The maximum atomic E-state index is 3.82. The molecule has 0 radical (unpaired) electrons. The van der Waals surface area contributed by atoms with Crippen molar-refractivity contribution in [3.63, 3.8) is 0 Å². The summed E-state index contributed by atoms with van der Waals surface area (Å²) in [4.78, 5) is 2.59. The maximum Gasteiger partial charge on any atom is 0.0294 e. The van der Waals surface area contributed by atoms with Crippen molar-refractivity contribution in [3.05, 3.63) is 35.4 Å². The first kappa shape index (κ1) is 16.5. The largest absolute Gasteiger partial charge is 0.307 e. The van der Waals surface area contributed by atoms with E-state index in [1.807, 2.05) is 0 Å². The molecule has 0 spiro atoms. The summed E-state index contributed by atoms with van der Waals surface area (Å²) in [7, 11) is 0. The van der Waals surface area contributed by atoms with Crippen LogP contribution in [0.4, 0.5) is 0 Å². The summed E-state index contributed by atoms with van der Waals surface area (Å²) in [5.41, 5.74) is 2.83. The average Bonchev–Trinajstić information content (AvgIpc) is 2.54. The van der Waals surface area contributed by atoms with Gasteiger partial charge in [0.05, 0.1) is 0 Å². The van der Waals surface area contributed by atoms with Crippen LogP contribution in [0.1, 0.15) is 57.7 Å². The monoisotopic (exact) mass is 288 g/mol. The summed E-state index contributed by atoms with van der Waals surface area (Å²) in [6, 6.07) is 10.1. The SMILES string of the molecule is CCc1ccc(C(C)NC(C)C2CCCN(CC)C2)cc1. The highest BCUT2D eigenvalue weighted by Gasteiger charge is 2.24. The molecule has 2 nitrogen and oxygen atoms in total. The van der Waals surface area contributed by atoms with Crippen molar-refractivity contribution in [1.82, 2.24) is 10.2 Å². The minimum Gasteiger partial charge on any atom is -0.307 e. The molecule has 0 aromatic heterocycles. The third kappa shape index (κ3) is 4.55. The van der Waals surface area contributed by atoms with Gasteiger partial charge >= 0.3 is 0 Å². The zero-order chi connectivity index (χ0) is 15.2. The van der Waals surface area contributed by atoms with Crippen LogP contribution in [0.5, 0.6) is 0 Å². The molecular weight excluding hydrogens is 256 g/mol. The minimum atomic E-state index is 0.433. The molecule has 0 saturated carbocycles. The van der Waals surface area contributed by atoms with E-state index in [2.05, 4.69) is 62.2 Å². The molecule has 2 rings (SSSR count). The predicted molar refractivity (Wildman–Crippen MR) is 91.7 cm³/mol. The lowest BCUT2D eigenvalue weighted by Gasteiger charge is -2.36. The molecule has 1 heterocycles. The van der Waals surface area contributed by atoms with E-state index in [0.29, 0.717) is 12.1 Å². The van der Waals surface area contributed by atoms with Gasteiger partial charge in [0, 0.05) is 18.6 Å². The fourth-order valence-electron chi connectivity index (χ4n) is 3.46. The molecule has 1 N–H and O–H groups in total. The number of benzene rings is 1. The first-order valence-electron chi connectivity index (χ1n) is 8.71. The van der Waals surface area contributed by atoms with Gasteiger partial charge in [0.2, 0.25) is 0 Å². The highest BCUT2D eigenvalue weighted by Crippen LogP contribution is 2.22. The lowest BCUT2D eigenvalue weighted by Crippen LogP contribution is -2.44. The number of hydrogen-bond acceptors (Lipinski definition) is 2. The molecule has 1 aromatic rings. The highest BCUT2D eigenvalue weighted by atomic mass is 15.1. The van der Waals surface area contributed by atoms with Gasteiger partial charge in [-0.15, -0.1) is 0 Å². The van der Waals surface area contributed by atoms with Gasteiger partial charge in [0.1, 0.15) is 0 Å². The fourth-order valence-corrected chi connectivity index (χ4v) is 3.46. The Morgan fingerprint density at radius 1 is 1.19 bits per heavy atom. The number of nitrogens with zero attached hydrogens (tertiary/aromatic N) is 1. The molecule has 1 saturated heterocycles. The van der Waals surface area contributed by atoms with Crippen molar-refractivity contribution in [1.29, 1.82) is 0 Å². The molecular formula is C19H32N2. The second kappa shape index (κ2) is 7.95. The zero-order valence-electron chi connectivity index (χ0n) is 14.2. The Hall–Kier alpha value is -0.860. The quantitative estimate of drug-likeness (QED) is 0.850. The van der Waals surface area contributed by atoms with Gasteiger partial charge in [0.25, 0.3) is 0 Å². The summed E-state index contributed by atoms with van der Waals surface area (Å²) in [5, 5.41) is 3.82. The second-order valence-electron chi connectivity index (χ2n) is 6.57. The number of rotatable bonds is 6. The summed E-state index contributed by atoms with van der Waals surface area (Å²) in [6.45, 7) is 12.9. The summed E-state index contributed by atoms with van der Waals surface area (Å²) >= 11 is 0. The number of aryl methyl sites for hydroxylation is 1. The van der Waals surface area contributed by atoms with E-state index in [9.17, 15) is 0 Å². The van der Waals surface area contributed by atoms with E-state index in [1.165, 1.54) is 43.6 Å². The van der Waals surface area contributed by atoms with Crippen LogP contribution in [0, 0.1) is 5.92 Å². The summed E-state index contributed by atoms with van der Waals surface area (Å²) < 4.78 is 0. The molecule has 118 valence electrons. The molecule has 1 aliphatic rings. The summed E-state index contributed by atoms with van der Waals surface area (Å²) in [5.74, 6) is 0.788. The number of hydrogen-bond donors (Lipinski definition) is 1. The van der Waals surface area contributed by atoms with Gasteiger partial charge in [-0.3, -0.25) is 0 Å². The molecule has 0 amide bonds. The molecule has 0 aliphatic carbocycles. The van der Waals surface area contributed by atoms with Crippen LogP contribution in [-0.2, 0) is 6.42 Å². The number of likely N-dealkylation sites (tertiary alicyclic amines) is 1. The Morgan fingerprint density at radius 3 is 2.52 bits per heavy atom. The average molecular weight is 288 g/mol. The van der Waals surface area contributed by atoms with E-state index in [0.717, 1.165) is 12.3 Å². The standard InChI is InChI=1S/C19H32N2/c1-5-17-9-11-18(12-10-17)15(3)20-16(4)19-8-7-13-21(6-2)14-19/h9-12,15-16,19-20H,5-8,13-14H2,1-4H3. The molecule has 1 fully saturated rings.